The van der Waals surface area contributed by atoms with Crippen molar-refractivity contribution in [3.05, 3.63) is 109 Å². The number of hydrogen-bond donors (Lipinski definition) is 0. The number of allylic oxidation sites excluding steroid dienone is 18. The lowest BCUT2D eigenvalue weighted by Crippen LogP contribution is -2.44. The highest BCUT2D eigenvalue weighted by Crippen LogP contribution is 2.15. The molecule has 0 heterocycles. The van der Waals surface area contributed by atoms with E-state index < -0.39 is 24.3 Å². The third-order valence-corrected chi connectivity index (χ3v) is 12.5. The quantitative estimate of drug-likeness (QED) is 0.0195. The van der Waals surface area contributed by atoms with E-state index >= 15 is 0 Å². The van der Waals surface area contributed by atoms with Crippen LogP contribution in [0.3, 0.4) is 0 Å². The van der Waals surface area contributed by atoms with Crippen LogP contribution in [0.4, 0.5) is 0 Å². The van der Waals surface area contributed by atoms with Crippen molar-refractivity contribution in [2.24, 2.45) is 0 Å². The van der Waals surface area contributed by atoms with Gasteiger partial charge < -0.3 is 33.3 Å². The minimum atomic E-state index is -1.63. The molecule has 0 radical (unpaired) electrons. The number of carbonyl (C=O) groups is 3. The first-order valence-electron chi connectivity index (χ1n) is 30.0. The van der Waals surface area contributed by atoms with Crippen LogP contribution in [0.2, 0.25) is 0 Å². The van der Waals surface area contributed by atoms with Crippen LogP contribution in [0.5, 0.6) is 0 Å². The van der Waals surface area contributed by atoms with Gasteiger partial charge in [-0.1, -0.05) is 226 Å². The van der Waals surface area contributed by atoms with Crippen molar-refractivity contribution in [1.29, 1.82) is 0 Å². The second-order valence-corrected chi connectivity index (χ2v) is 20.9. The number of likely N-dealkylation sites (N-methyl/N-ethyl adjacent to an activating group) is 1. The Kier molecular flexibility index (Phi) is 53.1. The van der Waals surface area contributed by atoms with Gasteiger partial charge in [-0.05, 0) is 103 Å². The fraction of sp³-hybridized carbons (Fsp3) is 0.682. The van der Waals surface area contributed by atoms with E-state index in [0.717, 1.165) is 109 Å². The number of ether oxygens (including phenoxy) is 4. The Morgan fingerprint density at radius 1 is 0.413 bits per heavy atom. The molecule has 0 spiro atoms. The Balaban J connectivity index is 4.30. The third kappa shape index (κ3) is 57.5. The molecular weight excluding hydrogens is 935 g/mol. The van der Waals surface area contributed by atoms with Gasteiger partial charge in [0.05, 0.1) is 40.3 Å². The van der Waals surface area contributed by atoms with Crippen LogP contribution in [0, 0.1) is 0 Å². The van der Waals surface area contributed by atoms with Gasteiger partial charge in [-0.25, -0.2) is 0 Å². The average molecular weight is 1050 g/mol. The van der Waals surface area contributed by atoms with E-state index in [1.807, 2.05) is 21.1 Å². The van der Waals surface area contributed by atoms with Crippen molar-refractivity contribution >= 4 is 17.9 Å². The molecule has 9 nitrogen and oxygen atoms in total. The largest absolute Gasteiger partial charge is 0.545 e. The van der Waals surface area contributed by atoms with Gasteiger partial charge in [0.2, 0.25) is 0 Å². The SMILES string of the molecule is CC/C=C\C/C=C\C/C=C\C/C=C\C/C=C\C/C=C\CCCCCCCCCCC(=O)OC(COC(=O)CCCCCCCCCC/C=C\C/C=C\C/C=C\CCCCCCC)COC(OCC[N+](C)(C)C)C(=O)[O-]. The van der Waals surface area contributed by atoms with Crippen molar-refractivity contribution in [2.75, 3.05) is 47.5 Å². The Morgan fingerprint density at radius 3 is 1.13 bits per heavy atom. The van der Waals surface area contributed by atoms with Crippen molar-refractivity contribution in [2.45, 2.75) is 245 Å². The molecule has 0 aromatic heterocycles. The van der Waals surface area contributed by atoms with Crippen LogP contribution < -0.4 is 5.11 Å². The number of hydrogen-bond acceptors (Lipinski definition) is 8. The van der Waals surface area contributed by atoms with Crippen molar-refractivity contribution in [1.82, 2.24) is 0 Å². The van der Waals surface area contributed by atoms with Crippen molar-refractivity contribution in [3.63, 3.8) is 0 Å². The van der Waals surface area contributed by atoms with Gasteiger partial charge in [0.25, 0.3) is 0 Å². The third-order valence-electron chi connectivity index (χ3n) is 12.5. The molecule has 0 fully saturated rings. The molecular formula is C66H111NO8. The lowest BCUT2D eigenvalue weighted by molar-refractivity contribution is -0.870. The first kappa shape index (κ1) is 71.0. The van der Waals surface area contributed by atoms with E-state index in [-0.39, 0.29) is 38.6 Å². The maximum atomic E-state index is 12.9. The topological polar surface area (TPSA) is 111 Å². The highest BCUT2D eigenvalue weighted by molar-refractivity contribution is 5.70. The molecule has 0 aliphatic heterocycles. The molecule has 0 bridgehead atoms. The van der Waals surface area contributed by atoms with Gasteiger partial charge in [-0.3, -0.25) is 9.59 Å². The molecule has 0 aliphatic carbocycles. The van der Waals surface area contributed by atoms with Crippen LogP contribution >= 0.6 is 0 Å². The summed E-state index contributed by atoms with van der Waals surface area (Å²) in [6.45, 7) is 4.60. The van der Waals surface area contributed by atoms with Gasteiger partial charge in [0.1, 0.15) is 13.2 Å². The molecule has 75 heavy (non-hydrogen) atoms. The molecule has 0 aromatic rings. The van der Waals surface area contributed by atoms with Crippen LogP contribution in [0.1, 0.15) is 232 Å². The highest BCUT2D eigenvalue weighted by Gasteiger charge is 2.22. The van der Waals surface area contributed by atoms with E-state index in [1.165, 1.54) is 89.9 Å². The first-order chi connectivity index (χ1) is 36.6. The van der Waals surface area contributed by atoms with Gasteiger partial charge in [0, 0.05) is 12.8 Å². The van der Waals surface area contributed by atoms with Crippen molar-refractivity contribution < 1.29 is 42.9 Å². The number of esters is 2. The maximum Gasteiger partial charge on any atom is 0.306 e. The Bertz CT molecular complexity index is 1590. The molecule has 0 aliphatic rings. The zero-order valence-electron chi connectivity index (χ0n) is 48.6. The summed E-state index contributed by atoms with van der Waals surface area (Å²) in [6, 6.07) is 0. The number of unbranched alkanes of at least 4 members (excludes halogenated alkanes) is 21. The normalized spacial score (nSPS) is 13.6. The molecule has 0 rings (SSSR count). The zero-order chi connectivity index (χ0) is 54.8. The van der Waals surface area contributed by atoms with Gasteiger partial charge in [-0.15, -0.1) is 0 Å². The summed E-state index contributed by atoms with van der Waals surface area (Å²) < 4.78 is 22.7. The van der Waals surface area contributed by atoms with Crippen LogP contribution in [0.15, 0.2) is 109 Å². The summed E-state index contributed by atoms with van der Waals surface area (Å²) in [5, 5.41) is 11.8. The van der Waals surface area contributed by atoms with E-state index in [1.54, 1.807) is 0 Å². The monoisotopic (exact) mass is 1050 g/mol. The lowest BCUT2D eigenvalue weighted by atomic mass is 10.1. The highest BCUT2D eigenvalue weighted by atomic mass is 16.7. The molecule has 0 amide bonds. The second-order valence-electron chi connectivity index (χ2n) is 20.9. The number of rotatable bonds is 54. The smallest absolute Gasteiger partial charge is 0.306 e. The fourth-order valence-corrected chi connectivity index (χ4v) is 7.90. The Labute approximate surface area is 460 Å². The van der Waals surface area contributed by atoms with Gasteiger partial charge >= 0.3 is 11.9 Å². The van der Waals surface area contributed by atoms with E-state index in [0.29, 0.717) is 17.4 Å². The Hall–Kier alpha value is -4.05. The standard InChI is InChI=1S/C66H111NO8/c1-6-8-10-12-14-16-18-20-22-24-26-28-30-31-32-33-35-37-39-41-43-45-47-49-51-53-55-57-64(69)75-62(61-74-66(65(70)71)72-59-58-67(3,4)5)60-73-63(68)56-54-52-50-48-46-44-42-40-38-36-34-29-27-25-23-21-19-17-15-13-11-9-7-2/h8,10,14,16,19-22,25-28,31-32,34-37,62,66H,6-7,9,11-13,15,17-18,23-24,29-30,33,38-61H2,1-5H3/b10-8-,16-14-,21-19-,22-20-,27-25-,28-26-,32-31-,36-34-,37-35-. The minimum absolute atomic E-state index is 0.139. The molecule has 2 atom stereocenters. The second kappa shape index (κ2) is 56.2. The molecule has 9 heteroatoms. The average Bonchev–Trinajstić information content (AvgIpc) is 3.38. The van der Waals surface area contributed by atoms with Gasteiger partial charge in [0.15, 0.2) is 12.4 Å². The van der Waals surface area contributed by atoms with E-state index in [4.69, 9.17) is 18.9 Å². The number of quaternary nitrogens is 1. The summed E-state index contributed by atoms with van der Waals surface area (Å²) in [5.41, 5.74) is 0. The first-order valence-corrected chi connectivity index (χ1v) is 30.0. The van der Waals surface area contributed by atoms with E-state index in [9.17, 15) is 19.5 Å². The van der Waals surface area contributed by atoms with Crippen LogP contribution in [-0.2, 0) is 33.3 Å². The Morgan fingerprint density at radius 2 is 0.760 bits per heavy atom. The minimum Gasteiger partial charge on any atom is -0.545 e. The number of carboxylic acid groups (broad SMARTS) is 1. The molecule has 0 aromatic carbocycles. The summed E-state index contributed by atoms with van der Waals surface area (Å²) in [4.78, 5) is 37.3. The van der Waals surface area contributed by atoms with Gasteiger partial charge in [-0.2, -0.15) is 0 Å². The van der Waals surface area contributed by atoms with Crippen LogP contribution in [-0.4, -0.2) is 82.3 Å². The number of nitrogens with zero attached hydrogens (tertiary/aromatic N) is 1. The fourth-order valence-electron chi connectivity index (χ4n) is 7.90. The predicted molar refractivity (Wildman–Crippen MR) is 315 cm³/mol. The summed E-state index contributed by atoms with van der Waals surface area (Å²) in [7, 11) is 5.91. The molecule has 428 valence electrons. The lowest BCUT2D eigenvalue weighted by Gasteiger charge is -2.26. The van der Waals surface area contributed by atoms with E-state index in [2.05, 4.69) is 123 Å². The summed E-state index contributed by atoms with van der Waals surface area (Å²) in [5.74, 6) is -2.31. The number of carbonyl (C=O) groups excluding carboxylic acids is 3. The maximum absolute atomic E-state index is 12.9. The number of carboxylic acids is 1. The molecule has 2 unspecified atom stereocenters. The summed E-state index contributed by atoms with van der Waals surface area (Å²) >= 11 is 0. The van der Waals surface area contributed by atoms with Crippen molar-refractivity contribution in [3.8, 4) is 0 Å². The molecule has 0 N–H and O–H groups in total. The number of aliphatic carboxylic acids is 1. The zero-order valence-corrected chi connectivity index (χ0v) is 48.6. The molecule has 0 saturated heterocycles. The molecule has 0 saturated carbocycles. The van der Waals surface area contributed by atoms with Crippen LogP contribution in [0.25, 0.3) is 0 Å². The predicted octanol–water partition coefficient (Wildman–Crippen LogP) is 16.6. The summed E-state index contributed by atoms with van der Waals surface area (Å²) in [6.07, 6.45) is 74.1.